The Morgan fingerprint density at radius 1 is 1.33 bits per heavy atom. The van der Waals surface area contributed by atoms with E-state index in [1.807, 2.05) is 25.1 Å². The summed E-state index contributed by atoms with van der Waals surface area (Å²) in [7, 11) is 1.58. The van der Waals surface area contributed by atoms with Crippen LogP contribution in [-0.2, 0) is 14.3 Å². The van der Waals surface area contributed by atoms with E-state index in [4.69, 9.17) is 18.9 Å². The smallest absolute Gasteiger partial charge is 0.260 e. The molecule has 2 aliphatic rings. The number of methoxy groups -OCH3 is 1. The topological polar surface area (TPSA) is 57.2 Å². The largest absolute Gasteiger partial charge is 0.493 e. The number of ether oxygens (including phenoxy) is 4. The molecule has 0 N–H and O–H groups in total. The quantitative estimate of drug-likeness (QED) is 0.759. The molecule has 24 heavy (non-hydrogen) atoms. The van der Waals surface area contributed by atoms with Crippen molar-refractivity contribution in [2.24, 2.45) is 5.92 Å². The van der Waals surface area contributed by atoms with Crippen molar-refractivity contribution >= 4 is 5.91 Å². The van der Waals surface area contributed by atoms with E-state index >= 15 is 0 Å². The van der Waals surface area contributed by atoms with Gasteiger partial charge in [0.25, 0.3) is 5.91 Å². The van der Waals surface area contributed by atoms with Crippen molar-refractivity contribution in [2.75, 3.05) is 46.6 Å². The first kappa shape index (κ1) is 17.0. The third-order valence-corrected chi connectivity index (χ3v) is 4.81. The number of para-hydroxylation sites is 2. The summed E-state index contributed by atoms with van der Waals surface area (Å²) in [6.07, 6.45) is 1.000. The molecule has 2 heterocycles. The van der Waals surface area contributed by atoms with Crippen LogP contribution in [0.2, 0.25) is 0 Å². The number of carbonyl (C=O) groups is 1. The zero-order chi connectivity index (χ0) is 17.0. The molecule has 0 unspecified atom stereocenters. The second-order valence-corrected chi connectivity index (χ2v) is 6.25. The van der Waals surface area contributed by atoms with Crippen molar-refractivity contribution in [3.63, 3.8) is 0 Å². The molecule has 1 aromatic rings. The van der Waals surface area contributed by atoms with Crippen LogP contribution in [0.25, 0.3) is 0 Å². The normalized spacial score (nSPS) is 21.6. The van der Waals surface area contributed by atoms with Crippen LogP contribution in [0.3, 0.4) is 0 Å². The molecule has 3 rings (SSSR count). The number of carbonyl (C=O) groups excluding carboxylic acids is 1. The van der Waals surface area contributed by atoms with E-state index in [9.17, 15) is 4.79 Å². The Bertz CT molecular complexity index is 570. The molecule has 0 aliphatic carbocycles. The molecule has 1 atom stereocenters. The Balaban J connectivity index is 1.50. The van der Waals surface area contributed by atoms with Gasteiger partial charge in [-0.15, -0.1) is 0 Å². The molecule has 1 spiro atoms. The van der Waals surface area contributed by atoms with Crippen LogP contribution in [0, 0.1) is 5.92 Å². The van der Waals surface area contributed by atoms with E-state index in [0.29, 0.717) is 43.7 Å². The zero-order valence-electron chi connectivity index (χ0n) is 14.3. The first-order chi connectivity index (χ1) is 11.7. The lowest BCUT2D eigenvalue weighted by Gasteiger charge is -2.50. The highest BCUT2D eigenvalue weighted by Gasteiger charge is 2.54. The highest BCUT2D eigenvalue weighted by molar-refractivity contribution is 5.79. The van der Waals surface area contributed by atoms with Crippen LogP contribution >= 0.6 is 0 Å². The van der Waals surface area contributed by atoms with Crippen LogP contribution in [0.5, 0.6) is 11.5 Å². The van der Waals surface area contributed by atoms with E-state index in [2.05, 4.69) is 0 Å². The Morgan fingerprint density at radius 3 is 2.79 bits per heavy atom. The maximum atomic E-state index is 12.3. The molecule has 0 aromatic heterocycles. The SMILES string of the molecule is CCOC[C@H]1CCOC12CN(C(=O)COc1ccccc1OC)C2. The van der Waals surface area contributed by atoms with Crippen molar-refractivity contribution in [1.82, 2.24) is 4.90 Å². The molecular formula is C18H25NO5. The van der Waals surface area contributed by atoms with Crippen molar-refractivity contribution in [1.29, 1.82) is 0 Å². The van der Waals surface area contributed by atoms with Crippen molar-refractivity contribution in [3.05, 3.63) is 24.3 Å². The lowest BCUT2D eigenvalue weighted by atomic mass is 9.81. The lowest BCUT2D eigenvalue weighted by Crippen LogP contribution is -2.67. The predicted octanol–water partition coefficient (Wildman–Crippen LogP) is 1.73. The Morgan fingerprint density at radius 2 is 2.08 bits per heavy atom. The van der Waals surface area contributed by atoms with E-state index in [0.717, 1.165) is 13.0 Å². The highest BCUT2D eigenvalue weighted by Crippen LogP contribution is 2.40. The van der Waals surface area contributed by atoms with Crippen molar-refractivity contribution in [3.8, 4) is 11.5 Å². The molecular weight excluding hydrogens is 310 g/mol. The van der Waals surface area contributed by atoms with Crippen LogP contribution in [0.1, 0.15) is 13.3 Å². The fourth-order valence-corrected chi connectivity index (χ4v) is 3.38. The number of likely N-dealkylation sites (tertiary alicyclic amines) is 1. The van der Waals surface area contributed by atoms with Gasteiger partial charge in [0.1, 0.15) is 5.60 Å². The molecule has 6 nitrogen and oxygen atoms in total. The number of nitrogens with zero attached hydrogens (tertiary/aromatic N) is 1. The molecule has 6 heteroatoms. The van der Waals surface area contributed by atoms with E-state index in [1.54, 1.807) is 18.1 Å². The van der Waals surface area contributed by atoms with Crippen LogP contribution < -0.4 is 9.47 Å². The monoisotopic (exact) mass is 335 g/mol. The molecule has 132 valence electrons. The van der Waals surface area contributed by atoms with Crippen LogP contribution in [0.4, 0.5) is 0 Å². The van der Waals surface area contributed by atoms with E-state index < -0.39 is 0 Å². The standard InChI is InChI=1S/C18H25NO5/c1-3-22-10-14-8-9-24-18(14)12-19(13-18)17(20)11-23-16-7-5-4-6-15(16)21-2/h4-7,14H,3,8-13H2,1-2H3/t14-/m1/s1. The maximum absolute atomic E-state index is 12.3. The zero-order valence-corrected chi connectivity index (χ0v) is 14.3. The van der Waals surface area contributed by atoms with Crippen molar-refractivity contribution < 1.29 is 23.7 Å². The minimum absolute atomic E-state index is 0.00653. The summed E-state index contributed by atoms with van der Waals surface area (Å²) in [5.74, 6) is 1.55. The maximum Gasteiger partial charge on any atom is 0.260 e. The summed E-state index contributed by atoms with van der Waals surface area (Å²) in [4.78, 5) is 14.1. The van der Waals surface area contributed by atoms with Gasteiger partial charge in [0, 0.05) is 19.1 Å². The number of amides is 1. The van der Waals surface area contributed by atoms with Gasteiger partial charge in [-0.25, -0.2) is 0 Å². The minimum Gasteiger partial charge on any atom is -0.493 e. The second-order valence-electron chi connectivity index (χ2n) is 6.25. The Hall–Kier alpha value is -1.79. The molecule has 0 saturated carbocycles. The van der Waals surface area contributed by atoms with Crippen LogP contribution in [-0.4, -0.2) is 63.0 Å². The Kier molecular flexibility index (Phi) is 5.26. The molecule has 0 radical (unpaired) electrons. The summed E-state index contributed by atoms with van der Waals surface area (Å²) in [5.41, 5.74) is -0.213. The third kappa shape index (κ3) is 3.35. The fourth-order valence-electron chi connectivity index (χ4n) is 3.38. The molecule has 2 fully saturated rings. The lowest BCUT2D eigenvalue weighted by molar-refractivity contribution is -0.170. The van der Waals surface area contributed by atoms with Gasteiger partial charge in [-0.1, -0.05) is 12.1 Å². The first-order valence-corrected chi connectivity index (χ1v) is 8.44. The van der Waals surface area contributed by atoms with Crippen molar-refractivity contribution in [2.45, 2.75) is 18.9 Å². The average Bonchev–Trinajstić information content (AvgIpc) is 3.00. The summed E-state index contributed by atoms with van der Waals surface area (Å²) in [5, 5.41) is 0. The predicted molar refractivity (Wildman–Crippen MR) is 88.4 cm³/mol. The molecule has 2 saturated heterocycles. The summed E-state index contributed by atoms with van der Waals surface area (Å²) >= 11 is 0. The van der Waals surface area contributed by atoms with Gasteiger partial charge in [-0.3, -0.25) is 4.79 Å². The van der Waals surface area contributed by atoms with Gasteiger partial charge < -0.3 is 23.8 Å². The van der Waals surface area contributed by atoms with Gasteiger partial charge >= 0.3 is 0 Å². The fraction of sp³-hybridized carbons (Fsp3) is 0.611. The van der Waals surface area contributed by atoms with Gasteiger partial charge in [0.15, 0.2) is 18.1 Å². The Labute approximate surface area is 142 Å². The third-order valence-electron chi connectivity index (χ3n) is 4.81. The molecule has 2 aliphatic heterocycles. The molecule has 1 aromatic carbocycles. The van der Waals surface area contributed by atoms with Gasteiger partial charge in [0.2, 0.25) is 0 Å². The molecule has 0 bridgehead atoms. The minimum atomic E-state index is -0.213. The number of benzene rings is 1. The first-order valence-electron chi connectivity index (χ1n) is 8.44. The summed E-state index contributed by atoms with van der Waals surface area (Å²) < 4.78 is 22.3. The average molecular weight is 335 g/mol. The van der Waals surface area contributed by atoms with Gasteiger partial charge in [0.05, 0.1) is 26.8 Å². The number of hydrogen-bond acceptors (Lipinski definition) is 5. The van der Waals surface area contributed by atoms with Gasteiger partial charge in [-0.2, -0.15) is 0 Å². The number of hydrogen-bond donors (Lipinski definition) is 0. The van der Waals surface area contributed by atoms with E-state index in [-0.39, 0.29) is 18.1 Å². The van der Waals surface area contributed by atoms with E-state index in [1.165, 1.54) is 0 Å². The summed E-state index contributed by atoms with van der Waals surface area (Å²) in [6.45, 7) is 5.41. The van der Waals surface area contributed by atoms with Crippen LogP contribution in [0.15, 0.2) is 24.3 Å². The summed E-state index contributed by atoms with van der Waals surface area (Å²) in [6, 6.07) is 7.32. The number of rotatable bonds is 7. The molecule has 1 amide bonds. The highest BCUT2D eigenvalue weighted by atomic mass is 16.5. The van der Waals surface area contributed by atoms with Gasteiger partial charge in [-0.05, 0) is 25.5 Å². The second kappa shape index (κ2) is 7.40.